The average Bonchev–Trinajstić information content (AvgIpc) is 2.48. The Balaban J connectivity index is 2.37. The van der Waals surface area contributed by atoms with Crippen LogP contribution in [0.4, 0.5) is 4.79 Å². The van der Waals surface area contributed by atoms with Gasteiger partial charge in [0, 0.05) is 13.2 Å². The number of nitrogens with one attached hydrogen (secondary N) is 2. The zero-order chi connectivity index (χ0) is 13.6. The van der Waals surface area contributed by atoms with E-state index in [2.05, 4.69) is 10.6 Å². The first-order chi connectivity index (χ1) is 8.42. The van der Waals surface area contributed by atoms with Gasteiger partial charge in [0.05, 0.1) is 0 Å². The van der Waals surface area contributed by atoms with E-state index in [1.165, 1.54) is 0 Å². The average molecular weight is 258 g/mol. The van der Waals surface area contributed by atoms with Crippen molar-refractivity contribution in [3.8, 4) is 0 Å². The van der Waals surface area contributed by atoms with Gasteiger partial charge >= 0.3 is 6.09 Å². The van der Waals surface area contributed by atoms with Gasteiger partial charge in [0.15, 0.2) is 0 Å². The summed E-state index contributed by atoms with van der Waals surface area (Å²) in [6, 6.07) is 0. The number of alkyl carbamates (subject to hydrolysis) is 1. The van der Waals surface area contributed by atoms with Gasteiger partial charge in [-0.1, -0.05) is 0 Å². The third kappa shape index (κ3) is 5.69. The van der Waals surface area contributed by atoms with Crippen molar-refractivity contribution in [2.75, 3.05) is 26.2 Å². The van der Waals surface area contributed by atoms with E-state index in [1.54, 1.807) is 0 Å². The SMILES string of the molecule is CC(C)(C)OC(=O)NC[C@@H]1CCNCC[C@H]1CO. The van der Waals surface area contributed by atoms with Crippen LogP contribution in [0.5, 0.6) is 0 Å². The van der Waals surface area contributed by atoms with E-state index in [0.717, 1.165) is 25.9 Å². The summed E-state index contributed by atoms with van der Waals surface area (Å²) < 4.78 is 5.20. The van der Waals surface area contributed by atoms with E-state index in [1.807, 2.05) is 20.8 Å². The van der Waals surface area contributed by atoms with Crippen molar-refractivity contribution in [3.63, 3.8) is 0 Å². The number of amides is 1. The molecule has 0 aliphatic carbocycles. The van der Waals surface area contributed by atoms with Gasteiger partial charge in [-0.25, -0.2) is 4.79 Å². The quantitative estimate of drug-likeness (QED) is 0.709. The first-order valence-electron chi connectivity index (χ1n) is 6.71. The Morgan fingerprint density at radius 3 is 2.50 bits per heavy atom. The molecule has 1 amide bonds. The van der Waals surface area contributed by atoms with Crippen molar-refractivity contribution in [2.45, 2.75) is 39.2 Å². The Morgan fingerprint density at radius 2 is 1.94 bits per heavy atom. The molecule has 5 nitrogen and oxygen atoms in total. The van der Waals surface area contributed by atoms with Gasteiger partial charge in [-0.3, -0.25) is 0 Å². The molecular formula is C13H26N2O3. The molecule has 1 heterocycles. The highest BCUT2D eigenvalue weighted by molar-refractivity contribution is 5.67. The molecule has 1 aliphatic rings. The van der Waals surface area contributed by atoms with Crippen LogP contribution in [0.3, 0.4) is 0 Å². The number of rotatable bonds is 3. The molecule has 0 aromatic rings. The molecule has 3 N–H and O–H groups in total. The molecule has 0 aromatic carbocycles. The van der Waals surface area contributed by atoms with Crippen molar-refractivity contribution in [1.29, 1.82) is 0 Å². The van der Waals surface area contributed by atoms with Gasteiger partial charge in [-0.2, -0.15) is 0 Å². The minimum Gasteiger partial charge on any atom is -0.444 e. The van der Waals surface area contributed by atoms with Crippen molar-refractivity contribution >= 4 is 6.09 Å². The summed E-state index contributed by atoms with van der Waals surface area (Å²) in [5.74, 6) is 0.576. The molecule has 0 saturated carbocycles. The molecule has 1 rings (SSSR count). The molecule has 106 valence electrons. The van der Waals surface area contributed by atoms with Crippen LogP contribution in [-0.4, -0.2) is 43.0 Å². The fourth-order valence-electron chi connectivity index (χ4n) is 2.21. The molecule has 1 saturated heterocycles. The number of carbonyl (C=O) groups is 1. The molecule has 0 unspecified atom stereocenters. The van der Waals surface area contributed by atoms with E-state index in [0.29, 0.717) is 12.5 Å². The minimum atomic E-state index is -0.467. The minimum absolute atomic E-state index is 0.183. The van der Waals surface area contributed by atoms with Crippen molar-refractivity contribution < 1.29 is 14.6 Å². The lowest BCUT2D eigenvalue weighted by Crippen LogP contribution is -2.37. The summed E-state index contributed by atoms with van der Waals surface area (Å²) in [5, 5.41) is 15.5. The second kappa shape index (κ2) is 6.95. The second-order valence-corrected chi connectivity index (χ2v) is 5.91. The van der Waals surface area contributed by atoms with Crippen LogP contribution in [0.1, 0.15) is 33.6 Å². The summed E-state index contributed by atoms with van der Waals surface area (Å²) in [5.41, 5.74) is -0.467. The summed E-state index contributed by atoms with van der Waals surface area (Å²) in [6.45, 7) is 8.17. The van der Waals surface area contributed by atoms with Gasteiger partial charge in [-0.05, 0) is 58.5 Å². The molecule has 18 heavy (non-hydrogen) atoms. The lowest BCUT2D eigenvalue weighted by molar-refractivity contribution is 0.0505. The van der Waals surface area contributed by atoms with E-state index >= 15 is 0 Å². The predicted molar refractivity (Wildman–Crippen MR) is 70.4 cm³/mol. The zero-order valence-electron chi connectivity index (χ0n) is 11.7. The summed E-state index contributed by atoms with van der Waals surface area (Å²) >= 11 is 0. The Bertz CT molecular complexity index is 263. The van der Waals surface area contributed by atoms with E-state index in [-0.39, 0.29) is 18.6 Å². The highest BCUT2D eigenvalue weighted by Crippen LogP contribution is 2.20. The molecule has 5 heteroatoms. The number of aliphatic hydroxyl groups is 1. The fourth-order valence-corrected chi connectivity index (χ4v) is 2.21. The van der Waals surface area contributed by atoms with Crippen LogP contribution in [0.2, 0.25) is 0 Å². The molecule has 1 fully saturated rings. The largest absolute Gasteiger partial charge is 0.444 e. The smallest absolute Gasteiger partial charge is 0.407 e. The normalized spacial score (nSPS) is 25.3. The molecule has 0 aromatic heterocycles. The van der Waals surface area contributed by atoms with Gasteiger partial charge < -0.3 is 20.5 Å². The number of hydrogen-bond donors (Lipinski definition) is 3. The molecule has 0 bridgehead atoms. The highest BCUT2D eigenvalue weighted by atomic mass is 16.6. The fraction of sp³-hybridized carbons (Fsp3) is 0.923. The summed E-state index contributed by atoms with van der Waals surface area (Å²) in [4.78, 5) is 11.6. The van der Waals surface area contributed by atoms with Crippen molar-refractivity contribution in [3.05, 3.63) is 0 Å². The van der Waals surface area contributed by atoms with Crippen LogP contribution in [-0.2, 0) is 4.74 Å². The lowest BCUT2D eigenvalue weighted by Gasteiger charge is -2.25. The monoisotopic (exact) mass is 258 g/mol. The number of ether oxygens (including phenoxy) is 1. The topological polar surface area (TPSA) is 70.6 Å². The molecule has 0 radical (unpaired) electrons. The zero-order valence-corrected chi connectivity index (χ0v) is 11.7. The first-order valence-corrected chi connectivity index (χ1v) is 6.71. The van der Waals surface area contributed by atoms with Crippen LogP contribution in [0.15, 0.2) is 0 Å². The standard InChI is InChI=1S/C13H26N2O3/c1-13(2,3)18-12(17)15-8-10-4-6-14-7-5-11(10)9-16/h10-11,14,16H,4-9H2,1-3H3,(H,15,17)/t10-,11-/m0/s1. The van der Waals surface area contributed by atoms with E-state index in [9.17, 15) is 9.90 Å². The maximum absolute atomic E-state index is 11.6. The maximum Gasteiger partial charge on any atom is 0.407 e. The molecule has 2 atom stereocenters. The first kappa shape index (κ1) is 15.2. The lowest BCUT2D eigenvalue weighted by atomic mass is 9.88. The molecule has 1 aliphatic heterocycles. The van der Waals surface area contributed by atoms with Gasteiger partial charge in [-0.15, -0.1) is 0 Å². The van der Waals surface area contributed by atoms with Gasteiger partial charge in [0.1, 0.15) is 5.60 Å². The number of hydrogen-bond acceptors (Lipinski definition) is 4. The third-order valence-corrected chi connectivity index (χ3v) is 3.19. The second-order valence-electron chi connectivity index (χ2n) is 5.91. The van der Waals surface area contributed by atoms with Crippen LogP contribution < -0.4 is 10.6 Å². The highest BCUT2D eigenvalue weighted by Gasteiger charge is 2.24. The summed E-state index contributed by atoms with van der Waals surface area (Å²) in [7, 11) is 0. The van der Waals surface area contributed by atoms with Crippen LogP contribution >= 0.6 is 0 Å². The molecule has 0 spiro atoms. The Kier molecular flexibility index (Phi) is 5.88. The third-order valence-electron chi connectivity index (χ3n) is 3.19. The van der Waals surface area contributed by atoms with Gasteiger partial charge in [0.25, 0.3) is 0 Å². The summed E-state index contributed by atoms with van der Waals surface area (Å²) in [6.07, 6.45) is 1.55. The van der Waals surface area contributed by atoms with Gasteiger partial charge in [0.2, 0.25) is 0 Å². The number of carbonyl (C=O) groups excluding carboxylic acids is 1. The maximum atomic E-state index is 11.6. The van der Waals surface area contributed by atoms with E-state index in [4.69, 9.17) is 4.74 Å². The van der Waals surface area contributed by atoms with Crippen molar-refractivity contribution in [1.82, 2.24) is 10.6 Å². The molecular weight excluding hydrogens is 232 g/mol. The predicted octanol–water partition coefficient (Wildman–Crippen LogP) is 1.12. The van der Waals surface area contributed by atoms with E-state index < -0.39 is 5.60 Å². The number of aliphatic hydroxyl groups excluding tert-OH is 1. The Morgan fingerprint density at radius 1 is 1.33 bits per heavy atom. The van der Waals surface area contributed by atoms with Crippen molar-refractivity contribution in [2.24, 2.45) is 11.8 Å². The van der Waals surface area contributed by atoms with Crippen LogP contribution in [0, 0.1) is 11.8 Å². The Labute approximate surface area is 109 Å². The van der Waals surface area contributed by atoms with Crippen LogP contribution in [0.25, 0.3) is 0 Å². The Hall–Kier alpha value is -0.810.